The highest BCUT2D eigenvalue weighted by Gasteiger charge is 2.31. The quantitative estimate of drug-likeness (QED) is 0.728. The summed E-state index contributed by atoms with van der Waals surface area (Å²) in [4.78, 5) is 42.3. The van der Waals surface area contributed by atoms with E-state index in [1.807, 2.05) is 9.80 Å². The van der Waals surface area contributed by atoms with Crippen molar-refractivity contribution in [3.8, 4) is 0 Å². The predicted molar refractivity (Wildman–Crippen MR) is 104 cm³/mol. The molecule has 10 heteroatoms. The third kappa shape index (κ3) is 5.84. The van der Waals surface area contributed by atoms with E-state index < -0.39 is 29.8 Å². The maximum Gasteiger partial charge on any atom is 0.417 e. The Balaban J connectivity index is 1.51. The molecule has 2 saturated heterocycles. The van der Waals surface area contributed by atoms with E-state index in [0.29, 0.717) is 45.0 Å². The van der Waals surface area contributed by atoms with Gasteiger partial charge in [0.2, 0.25) is 11.8 Å². The van der Waals surface area contributed by atoms with Crippen LogP contribution in [0.5, 0.6) is 0 Å². The van der Waals surface area contributed by atoms with Crippen LogP contribution in [0.3, 0.4) is 0 Å². The van der Waals surface area contributed by atoms with Crippen molar-refractivity contribution in [2.75, 3.05) is 45.8 Å². The van der Waals surface area contributed by atoms with Crippen molar-refractivity contribution in [3.05, 3.63) is 34.2 Å². The van der Waals surface area contributed by atoms with E-state index in [1.165, 1.54) is 4.90 Å². The monoisotopic (exact) mass is 428 g/mol. The molecule has 1 aromatic heterocycles. The van der Waals surface area contributed by atoms with Gasteiger partial charge < -0.3 is 14.4 Å². The van der Waals surface area contributed by atoms with Gasteiger partial charge in [0.1, 0.15) is 6.54 Å². The van der Waals surface area contributed by atoms with Gasteiger partial charge in [-0.05, 0) is 18.9 Å². The van der Waals surface area contributed by atoms with Crippen molar-refractivity contribution >= 4 is 11.8 Å². The number of pyridine rings is 1. The Labute approximate surface area is 173 Å². The topological polar surface area (TPSA) is 65.9 Å². The van der Waals surface area contributed by atoms with Gasteiger partial charge in [0, 0.05) is 51.5 Å². The summed E-state index contributed by atoms with van der Waals surface area (Å²) in [6.45, 7) is 3.25. The summed E-state index contributed by atoms with van der Waals surface area (Å²) in [5.41, 5.74) is -1.62. The molecule has 166 valence electrons. The van der Waals surface area contributed by atoms with E-state index in [9.17, 15) is 27.6 Å². The SMILES string of the molecule is O=C(CN1CCN(C(=O)Cn2cc(C(F)(F)F)ccc2=O)CC1)N1CCCCCC1. The number of hydrogen-bond donors (Lipinski definition) is 0. The number of hydrogen-bond acceptors (Lipinski definition) is 4. The van der Waals surface area contributed by atoms with E-state index in [-0.39, 0.29) is 5.91 Å². The van der Waals surface area contributed by atoms with Crippen molar-refractivity contribution < 1.29 is 22.8 Å². The number of aromatic nitrogens is 1. The molecule has 0 saturated carbocycles. The first-order chi connectivity index (χ1) is 14.2. The zero-order valence-electron chi connectivity index (χ0n) is 16.9. The largest absolute Gasteiger partial charge is 0.417 e. The number of carbonyl (C=O) groups excluding carboxylic acids is 2. The highest BCUT2D eigenvalue weighted by molar-refractivity contribution is 5.78. The molecule has 3 heterocycles. The Morgan fingerprint density at radius 3 is 1.97 bits per heavy atom. The van der Waals surface area contributed by atoms with Crippen LogP contribution in [0.1, 0.15) is 31.2 Å². The normalized spacial score (nSPS) is 18.9. The summed E-state index contributed by atoms with van der Waals surface area (Å²) < 4.78 is 39.3. The van der Waals surface area contributed by atoms with Gasteiger partial charge in [-0.25, -0.2) is 0 Å². The Kier molecular flexibility index (Phi) is 7.17. The molecule has 0 aromatic carbocycles. The molecule has 0 spiro atoms. The lowest BCUT2D eigenvalue weighted by Crippen LogP contribution is -2.52. The Morgan fingerprint density at radius 1 is 0.800 bits per heavy atom. The van der Waals surface area contributed by atoms with E-state index in [2.05, 4.69) is 0 Å². The molecular weight excluding hydrogens is 401 g/mol. The summed E-state index contributed by atoms with van der Waals surface area (Å²) in [6, 6.07) is 1.53. The van der Waals surface area contributed by atoms with Gasteiger partial charge in [-0.2, -0.15) is 13.2 Å². The highest BCUT2D eigenvalue weighted by atomic mass is 19.4. The van der Waals surface area contributed by atoms with Gasteiger partial charge in [-0.1, -0.05) is 12.8 Å². The number of rotatable bonds is 4. The average molecular weight is 428 g/mol. The van der Waals surface area contributed by atoms with Gasteiger partial charge >= 0.3 is 6.18 Å². The fourth-order valence-corrected chi connectivity index (χ4v) is 3.84. The van der Waals surface area contributed by atoms with E-state index in [0.717, 1.165) is 49.4 Å². The molecular formula is C20H27F3N4O3. The minimum atomic E-state index is -4.58. The second-order valence-electron chi connectivity index (χ2n) is 7.83. The number of carbonyl (C=O) groups is 2. The van der Waals surface area contributed by atoms with Gasteiger partial charge in [-0.15, -0.1) is 0 Å². The minimum absolute atomic E-state index is 0.104. The standard InChI is InChI=1S/C20H27F3N4O3/c21-20(22,23)16-5-6-17(28)27(13-16)15-19(30)26-11-9-24(10-12-26)14-18(29)25-7-3-1-2-4-8-25/h5-6,13H,1-4,7-12,14-15H2. The smallest absolute Gasteiger partial charge is 0.342 e. The first-order valence-corrected chi connectivity index (χ1v) is 10.3. The predicted octanol–water partition coefficient (Wildman–Crippen LogP) is 1.41. The van der Waals surface area contributed by atoms with Crippen LogP contribution in [0, 0.1) is 0 Å². The van der Waals surface area contributed by atoms with Crippen molar-refractivity contribution in [1.29, 1.82) is 0 Å². The minimum Gasteiger partial charge on any atom is -0.342 e. The molecule has 2 amide bonds. The third-order valence-corrected chi connectivity index (χ3v) is 5.66. The second kappa shape index (κ2) is 9.63. The number of amides is 2. The zero-order valence-corrected chi connectivity index (χ0v) is 16.9. The molecule has 0 N–H and O–H groups in total. The number of alkyl halides is 3. The van der Waals surface area contributed by atoms with Gasteiger partial charge in [0.05, 0.1) is 12.1 Å². The maximum absolute atomic E-state index is 12.8. The van der Waals surface area contributed by atoms with Crippen molar-refractivity contribution in [3.63, 3.8) is 0 Å². The lowest BCUT2D eigenvalue weighted by Gasteiger charge is -2.35. The zero-order chi connectivity index (χ0) is 21.7. The molecule has 2 aliphatic heterocycles. The second-order valence-corrected chi connectivity index (χ2v) is 7.83. The van der Waals surface area contributed by atoms with Crippen LogP contribution >= 0.6 is 0 Å². The van der Waals surface area contributed by atoms with Crippen molar-refractivity contribution in [1.82, 2.24) is 19.3 Å². The third-order valence-electron chi connectivity index (χ3n) is 5.66. The molecule has 0 aliphatic carbocycles. The van der Waals surface area contributed by atoms with Crippen LogP contribution in [0.2, 0.25) is 0 Å². The molecule has 1 aromatic rings. The van der Waals surface area contributed by atoms with Gasteiger partial charge in [-0.3, -0.25) is 19.3 Å². The van der Waals surface area contributed by atoms with Crippen LogP contribution < -0.4 is 5.56 Å². The lowest BCUT2D eigenvalue weighted by molar-refractivity contribution is -0.139. The van der Waals surface area contributed by atoms with Gasteiger partial charge in [0.15, 0.2) is 0 Å². The molecule has 0 bridgehead atoms. The average Bonchev–Trinajstić information content (AvgIpc) is 2.99. The Hall–Kier alpha value is -2.36. The molecule has 0 unspecified atom stereocenters. The Bertz CT molecular complexity index is 808. The molecule has 0 radical (unpaired) electrons. The van der Waals surface area contributed by atoms with Gasteiger partial charge in [0.25, 0.3) is 5.56 Å². The van der Waals surface area contributed by atoms with Crippen LogP contribution in [0.4, 0.5) is 13.2 Å². The van der Waals surface area contributed by atoms with Crippen LogP contribution in [-0.2, 0) is 22.3 Å². The number of likely N-dealkylation sites (tertiary alicyclic amines) is 1. The summed E-state index contributed by atoms with van der Waals surface area (Å²) >= 11 is 0. The maximum atomic E-state index is 12.8. The first kappa shape index (κ1) is 22.3. The fraction of sp³-hybridized carbons (Fsp3) is 0.650. The summed E-state index contributed by atoms with van der Waals surface area (Å²) in [7, 11) is 0. The van der Waals surface area contributed by atoms with E-state index in [1.54, 1.807) is 0 Å². The van der Waals surface area contributed by atoms with E-state index in [4.69, 9.17) is 0 Å². The van der Waals surface area contributed by atoms with Crippen LogP contribution in [0.15, 0.2) is 23.1 Å². The van der Waals surface area contributed by atoms with Crippen LogP contribution in [0.25, 0.3) is 0 Å². The van der Waals surface area contributed by atoms with Crippen molar-refractivity contribution in [2.24, 2.45) is 0 Å². The fourth-order valence-electron chi connectivity index (χ4n) is 3.84. The highest BCUT2D eigenvalue weighted by Crippen LogP contribution is 2.28. The molecule has 3 rings (SSSR count). The molecule has 30 heavy (non-hydrogen) atoms. The number of piperazine rings is 1. The number of halogens is 3. The molecule has 2 fully saturated rings. The summed E-state index contributed by atoms with van der Waals surface area (Å²) in [5.74, 6) is -0.304. The van der Waals surface area contributed by atoms with Crippen molar-refractivity contribution in [2.45, 2.75) is 38.4 Å². The van der Waals surface area contributed by atoms with Crippen LogP contribution in [-0.4, -0.2) is 76.9 Å². The number of nitrogens with zero attached hydrogens (tertiary/aromatic N) is 4. The molecule has 2 aliphatic rings. The Morgan fingerprint density at radius 2 is 1.37 bits per heavy atom. The first-order valence-electron chi connectivity index (χ1n) is 10.3. The van der Waals surface area contributed by atoms with E-state index >= 15 is 0 Å². The molecule has 0 atom stereocenters. The lowest BCUT2D eigenvalue weighted by atomic mass is 10.2. The molecule has 7 nitrogen and oxygen atoms in total. The summed E-state index contributed by atoms with van der Waals surface area (Å²) in [6.07, 6.45) is 0.464. The summed E-state index contributed by atoms with van der Waals surface area (Å²) in [5, 5.41) is 0.